The summed E-state index contributed by atoms with van der Waals surface area (Å²) in [6, 6.07) is 13.1. The van der Waals surface area contributed by atoms with Gasteiger partial charge in [0.15, 0.2) is 17.4 Å². The lowest BCUT2D eigenvalue weighted by atomic mass is 10.3. The average Bonchev–Trinajstić information content (AvgIpc) is 3.09. The van der Waals surface area contributed by atoms with E-state index >= 15 is 0 Å². The highest BCUT2D eigenvalue weighted by Gasteiger charge is 2.07. The molecule has 0 saturated heterocycles. The average molecular weight is 387 g/mol. The lowest BCUT2D eigenvalue weighted by molar-refractivity contribution is 0.224. The van der Waals surface area contributed by atoms with Crippen molar-refractivity contribution < 1.29 is 4.74 Å². The van der Waals surface area contributed by atoms with E-state index in [1.807, 2.05) is 66.9 Å². The van der Waals surface area contributed by atoms with Crippen LogP contribution in [0, 0.1) is 0 Å². The van der Waals surface area contributed by atoms with Crippen LogP contribution in [0.15, 0.2) is 53.7 Å². The van der Waals surface area contributed by atoms with E-state index in [0.29, 0.717) is 24.1 Å². The molecule has 0 saturated carbocycles. The van der Waals surface area contributed by atoms with Crippen LogP contribution in [0.3, 0.4) is 0 Å². The second-order valence-corrected chi connectivity index (χ2v) is 6.44. The Balaban J connectivity index is 1.57. The quantitative estimate of drug-likeness (QED) is 0.482. The molecule has 7 nitrogen and oxygen atoms in total. The molecule has 1 unspecified atom stereocenters. The maximum Gasteiger partial charge on any atom is 0.191 e. The summed E-state index contributed by atoms with van der Waals surface area (Å²) in [4.78, 5) is 4.59. The van der Waals surface area contributed by atoms with E-state index in [1.54, 1.807) is 0 Å². The summed E-state index contributed by atoms with van der Waals surface area (Å²) in [5.74, 6) is 2.27. The van der Waals surface area contributed by atoms with Gasteiger partial charge in [-0.2, -0.15) is 0 Å². The summed E-state index contributed by atoms with van der Waals surface area (Å²) in [5.41, 5.74) is 0.811. The van der Waals surface area contributed by atoms with Crippen molar-refractivity contribution in [3.63, 3.8) is 0 Å². The number of aliphatic imine (C=N–C) groups is 1. The van der Waals surface area contributed by atoms with Crippen molar-refractivity contribution in [2.24, 2.45) is 4.99 Å². The van der Waals surface area contributed by atoms with E-state index in [9.17, 15) is 0 Å². The zero-order valence-electron chi connectivity index (χ0n) is 15.4. The first-order valence-corrected chi connectivity index (χ1v) is 9.26. The Kier molecular flexibility index (Phi) is 6.49. The number of ether oxygens (including phenoxy) is 1. The zero-order valence-corrected chi connectivity index (χ0v) is 16.1. The number of guanidine groups is 1. The lowest BCUT2D eigenvalue weighted by Gasteiger charge is -2.17. The molecule has 27 heavy (non-hydrogen) atoms. The van der Waals surface area contributed by atoms with Crippen LogP contribution < -0.4 is 15.4 Å². The van der Waals surface area contributed by atoms with Gasteiger partial charge in [0, 0.05) is 17.8 Å². The first-order valence-electron chi connectivity index (χ1n) is 8.88. The minimum atomic E-state index is -0.0380. The molecule has 0 aliphatic rings. The number of hydrogen-bond acceptors (Lipinski definition) is 4. The summed E-state index contributed by atoms with van der Waals surface area (Å²) in [6.07, 6.45) is 1.90. The SMILES string of the molecule is CCNC(=NCc1nnc2ccccn12)NCC(C)Oc1ccc(Cl)cc1. The van der Waals surface area contributed by atoms with Crippen LogP contribution in [0.1, 0.15) is 19.7 Å². The standard InChI is InChI=1S/C19H23ClN6O/c1-3-21-19(22-12-14(2)27-16-9-7-15(20)8-10-16)23-13-18-25-24-17-6-4-5-11-26(17)18/h4-11,14H,3,12-13H2,1-2H3,(H2,21,22,23). The van der Waals surface area contributed by atoms with Gasteiger partial charge in [-0.15, -0.1) is 10.2 Å². The van der Waals surface area contributed by atoms with Crippen molar-refractivity contribution >= 4 is 23.2 Å². The summed E-state index contributed by atoms with van der Waals surface area (Å²) < 4.78 is 7.81. The first kappa shape index (κ1) is 19.0. The van der Waals surface area contributed by atoms with E-state index in [0.717, 1.165) is 23.8 Å². The third-order valence-corrected chi connectivity index (χ3v) is 4.07. The highest BCUT2D eigenvalue weighted by atomic mass is 35.5. The maximum atomic E-state index is 5.90. The molecule has 0 aliphatic carbocycles. The molecule has 142 valence electrons. The Morgan fingerprint density at radius 1 is 1.19 bits per heavy atom. The molecule has 1 aromatic carbocycles. The highest BCUT2D eigenvalue weighted by molar-refractivity contribution is 6.30. The van der Waals surface area contributed by atoms with Gasteiger partial charge in [-0.1, -0.05) is 17.7 Å². The normalized spacial score (nSPS) is 12.8. The molecule has 0 radical (unpaired) electrons. The summed E-state index contributed by atoms with van der Waals surface area (Å²) in [7, 11) is 0. The number of fused-ring (bicyclic) bond motifs is 1. The van der Waals surface area contributed by atoms with E-state index < -0.39 is 0 Å². The van der Waals surface area contributed by atoms with Gasteiger partial charge >= 0.3 is 0 Å². The maximum absolute atomic E-state index is 5.90. The third kappa shape index (κ3) is 5.34. The van der Waals surface area contributed by atoms with Crippen molar-refractivity contribution in [1.29, 1.82) is 0 Å². The predicted octanol–water partition coefficient (Wildman–Crippen LogP) is 2.91. The monoisotopic (exact) mass is 386 g/mol. The van der Waals surface area contributed by atoms with Gasteiger partial charge in [-0.25, -0.2) is 4.99 Å². The van der Waals surface area contributed by atoms with Gasteiger partial charge in [-0.05, 0) is 50.2 Å². The molecule has 2 N–H and O–H groups in total. The van der Waals surface area contributed by atoms with E-state index in [4.69, 9.17) is 16.3 Å². The third-order valence-electron chi connectivity index (χ3n) is 3.82. The van der Waals surface area contributed by atoms with Gasteiger partial charge in [-0.3, -0.25) is 4.40 Å². The minimum Gasteiger partial charge on any atom is -0.489 e. The van der Waals surface area contributed by atoms with E-state index in [-0.39, 0.29) is 6.10 Å². The zero-order chi connectivity index (χ0) is 19.1. The number of pyridine rings is 1. The number of aromatic nitrogens is 3. The van der Waals surface area contributed by atoms with Crippen LogP contribution in [-0.2, 0) is 6.54 Å². The van der Waals surface area contributed by atoms with Crippen molar-refractivity contribution in [3.8, 4) is 5.75 Å². The fraction of sp³-hybridized carbons (Fsp3) is 0.316. The molecule has 0 fully saturated rings. The van der Waals surface area contributed by atoms with Crippen LogP contribution in [0.2, 0.25) is 5.02 Å². The molecular formula is C19H23ClN6O. The molecule has 2 heterocycles. The molecule has 3 rings (SSSR count). The Bertz CT molecular complexity index is 893. The number of nitrogens with zero attached hydrogens (tertiary/aromatic N) is 4. The highest BCUT2D eigenvalue weighted by Crippen LogP contribution is 2.16. The number of hydrogen-bond donors (Lipinski definition) is 2. The fourth-order valence-electron chi connectivity index (χ4n) is 2.52. The van der Waals surface area contributed by atoms with Gasteiger partial charge < -0.3 is 15.4 Å². The summed E-state index contributed by atoms with van der Waals surface area (Å²) in [6.45, 7) is 5.81. The smallest absolute Gasteiger partial charge is 0.191 e. The second-order valence-electron chi connectivity index (χ2n) is 6.00. The van der Waals surface area contributed by atoms with Gasteiger partial charge in [0.2, 0.25) is 0 Å². The number of rotatable bonds is 7. The number of benzene rings is 1. The van der Waals surface area contributed by atoms with Crippen LogP contribution in [0.25, 0.3) is 5.65 Å². The molecule has 1 atom stereocenters. The van der Waals surface area contributed by atoms with E-state index in [1.165, 1.54) is 0 Å². The Labute approximate surface area is 163 Å². The van der Waals surface area contributed by atoms with Crippen molar-refractivity contribution in [2.45, 2.75) is 26.5 Å². The molecule has 2 aromatic heterocycles. The van der Waals surface area contributed by atoms with Gasteiger partial charge in [0.05, 0.1) is 6.54 Å². The Morgan fingerprint density at radius 3 is 2.78 bits per heavy atom. The van der Waals surface area contributed by atoms with Crippen molar-refractivity contribution in [1.82, 2.24) is 25.2 Å². The molecule has 8 heteroatoms. The van der Waals surface area contributed by atoms with Gasteiger partial charge in [0.25, 0.3) is 0 Å². The van der Waals surface area contributed by atoms with Crippen LogP contribution in [0.5, 0.6) is 5.75 Å². The Hall–Kier alpha value is -2.80. The molecule has 0 amide bonds. The Morgan fingerprint density at radius 2 is 2.00 bits per heavy atom. The molecular weight excluding hydrogens is 364 g/mol. The van der Waals surface area contributed by atoms with Crippen LogP contribution in [-0.4, -0.2) is 39.8 Å². The van der Waals surface area contributed by atoms with E-state index in [2.05, 4.69) is 25.8 Å². The summed E-state index contributed by atoms with van der Waals surface area (Å²) >= 11 is 5.90. The molecule has 0 aliphatic heterocycles. The first-order chi connectivity index (χ1) is 13.2. The molecule has 0 bridgehead atoms. The van der Waals surface area contributed by atoms with Crippen LogP contribution >= 0.6 is 11.6 Å². The summed E-state index contributed by atoms with van der Waals surface area (Å²) in [5, 5.41) is 15.6. The van der Waals surface area contributed by atoms with Gasteiger partial charge in [0.1, 0.15) is 18.4 Å². The molecule has 0 spiro atoms. The minimum absolute atomic E-state index is 0.0380. The number of halogens is 1. The lowest BCUT2D eigenvalue weighted by Crippen LogP contribution is -2.41. The molecule has 3 aromatic rings. The van der Waals surface area contributed by atoms with Crippen molar-refractivity contribution in [3.05, 3.63) is 59.5 Å². The van der Waals surface area contributed by atoms with Crippen molar-refractivity contribution in [2.75, 3.05) is 13.1 Å². The predicted molar refractivity (Wildman–Crippen MR) is 107 cm³/mol. The van der Waals surface area contributed by atoms with Crippen LogP contribution in [0.4, 0.5) is 0 Å². The largest absolute Gasteiger partial charge is 0.489 e. The second kappa shape index (κ2) is 9.23. The fourth-order valence-corrected chi connectivity index (χ4v) is 2.64. The number of nitrogens with one attached hydrogen (secondary N) is 2. The topological polar surface area (TPSA) is 75.8 Å².